The maximum atomic E-state index is 14.8. The van der Waals surface area contributed by atoms with Gasteiger partial charge in [-0.2, -0.15) is 13.2 Å². The molecule has 2 heterocycles. The molecule has 0 saturated carbocycles. The van der Waals surface area contributed by atoms with E-state index in [1.807, 2.05) is 0 Å². The monoisotopic (exact) mass is 517 g/mol. The van der Waals surface area contributed by atoms with Crippen molar-refractivity contribution in [3.63, 3.8) is 0 Å². The molecular formula is C21H16ClF4N3O6. The zero-order valence-corrected chi connectivity index (χ0v) is 19.0. The van der Waals surface area contributed by atoms with Crippen LogP contribution < -0.4 is 20.9 Å². The van der Waals surface area contributed by atoms with Crippen LogP contribution in [-0.4, -0.2) is 20.1 Å². The normalized spacial score (nSPS) is 11.3. The molecule has 186 valence electrons. The summed E-state index contributed by atoms with van der Waals surface area (Å²) in [7, 11) is 0.819. The number of carbonyl (C=O) groups excluding carboxylic acids is 1. The topological polar surface area (TPSA) is 102 Å². The molecule has 14 heteroatoms. The van der Waals surface area contributed by atoms with E-state index in [0.717, 1.165) is 20.0 Å². The lowest BCUT2D eigenvalue weighted by Gasteiger charge is -2.19. The lowest BCUT2D eigenvalue weighted by molar-refractivity contribution is -0.212. The van der Waals surface area contributed by atoms with Crippen LogP contribution in [0.15, 0.2) is 40.1 Å². The zero-order valence-electron chi connectivity index (χ0n) is 18.3. The lowest BCUT2D eigenvalue weighted by Crippen LogP contribution is -2.44. The van der Waals surface area contributed by atoms with E-state index in [2.05, 4.69) is 9.87 Å². The van der Waals surface area contributed by atoms with E-state index in [4.69, 9.17) is 21.2 Å². The highest BCUT2D eigenvalue weighted by atomic mass is 35.5. The quantitative estimate of drug-likeness (QED) is 0.277. The summed E-state index contributed by atoms with van der Waals surface area (Å²) in [6.07, 6.45) is -4.10. The minimum absolute atomic E-state index is 0.157. The van der Waals surface area contributed by atoms with E-state index < -0.39 is 46.2 Å². The average molecular weight is 518 g/mol. The molecule has 0 saturated heterocycles. The SMILES string of the molecule is CCc1c(C(F)(F)F)n(C)c(=O)n(-c2cc(Oc3cccnc3OOC(C)=O)c(Cl)cc2F)c1=O. The molecule has 3 rings (SSSR count). The van der Waals surface area contributed by atoms with E-state index in [-0.39, 0.29) is 38.0 Å². The van der Waals surface area contributed by atoms with E-state index in [9.17, 15) is 31.9 Å². The third-order valence-electron chi connectivity index (χ3n) is 4.62. The number of pyridine rings is 1. The summed E-state index contributed by atoms with van der Waals surface area (Å²) in [5, 5.41) is -0.318. The summed E-state index contributed by atoms with van der Waals surface area (Å²) < 4.78 is 61.4. The molecule has 3 aromatic rings. The molecule has 0 bridgehead atoms. The lowest BCUT2D eigenvalue weighted by atomic mass is 10.1. The molecule has 0 N–H and O–H groups in total. The van der Waals surface area contributed by atoms with Crippen LogP contribution in [0.2, 0.25) is 5.02 Å². The number of ether oxygens (including phenoxy) is 1. The Morgan fingerprint density at radius 3 is 2.49 bits per heavy atom. The maximum absolute atomic E-state index is 14.8. The smallest absolute Gasteiger partial charge is 0.432 e. The molecule has 0 spiro atoms. The molecule has 35 heavy (non-hydrogen) atoms. The Morgan fingerprint density at radius 2 is 1.89 bits per heavy atom. The Kier molecular flexibility index (Phi) is 7.19. The van der Waals surface area contributed by atoms with Crippen molar-refractivity contribution in [2.75, 3.05) is 0 Å². The highest BCUT2D eigenvalue weighted by Crippen LogP contribution is 2.36. The van der Waals surface area contributed by atoms with Crippen molar-refractivity contribution < 1.29 is 36.9 Å². The van der Waals surface area contributed by atoms with Crippen LogP contribution in [0, 0.1) is 5.82 Å². The molecule has 0 amide bonds. The van der Waals surface area contributed by atoms with E-state index in [1.54, 1.807) is 0 Å². The van der Waals surface area contributed by atoms with Gasteiger partial charge in [0, 0.05) is 31.8 Å². The number of halogens is 5. The minimum atomic E-state index is -5.00. The number of nitrogens with zero attached hydrogens (tertiary/aromatic N) is 3. The number of aromatic nitrogens is 3. The summed E-state index contributed by atoms with van der Waals surface area (Å²) in [5.74, 6) is -2.76. The zero-order chi connectivity index (χ0) is 26.1. The summed E-state index contributed by atoms with van der Waals surface area (Å²) in [4.78, 5) is 49.6. The minimum Gasteiger partial charge on any atom is -0.450 e. The molecule has 2 aromatic heterocycles. The summed E-state index contributed by atoms with van der Waals surface area (Å²) in [6.45, 7) is 2.36. The van der Waals surface area contributed by atoms with Gasteiger partial charge in [0.15, 0.2) is 5.75 Å². The molecule has 0 aliphatic carbocycles. The Balaban J connectivity index is 2.19. The molecule has 0 aliphatic rings. The Hall–Kier alpha value is -3.87. The second-order valence-electron chi connectivity index (χ2n) is 6.96. The highest BCUT2D eigenvalue weighted by molar-refractivity contribution is 6.32. The van der Waals surface area contributed by atoms with E-state index in [1.165, 1.54) is 25.3 Å². The molecule has 0 radical (unpaired) electrons. The first-order valence-electron chi connectivity index (χ1n) is 9.76. The van der Waals surface area contributed by atoms with Crippen molar-refractivity contribution in [2.45, 2.75) is 26.4 Å². The summed E-state index contributed by atoms with van der Waals surface area (Å²) >= 11 is 6.04. The van der Waals surface area contributed by atoms with Gasteiger partial charge in [0.25, 0.3) is 5.56 Å². The van der Waals surface area contributed by atoms with Crippen molar-refractivity contribution in [1.82, 2.24) is 14.1 Å². The third-order valence-corrected chi connectivity index (χ3v) is 4.91. The molecule has 0 aliphatic heterocycles. The second kappa shape index (κ2) is 9.78. The number of hydrogen-bond acceptors (Lipinski definition) is 7. The van der Waals surface area contributed by atoms with Crippen molar-refractivity contribution in [3.05, 3.63) is 73.4 Å². The number of benzene rings is 1. The van der Waals surface area contributed by atoms with Gasteiger partial charge in [0.05, 0.1) is 10.7 Å². The predicted octanol–water partition coefficient (Wildman–Crippen LogP) is 3.95. The first kappa shape index (κ1) is 25.7. The van der Waals surface area contributed by atoms with Gasteiger partial charge in [0.1, 0.15) is 17.3 Å². The molecule has 0 unspecified atom stereocenters. The summed E-state index contributed by atoms with van der Waals surface area (Å²) in [6, 6.07) is 4.31. The molecular weight excluding hydrogens is 502 g/mol. The number of alkyl halides is 3. The molecule has 0 fully saturated rings. The Morgan fingerprint density at radius 1 is 1.20 bits per heavy atom. The number of carbonyl (C=O) groups is 1. The number of rotatable bonds is 6. The van der Waals surface area contributed by atoms with Gasteiger partial charge < -0.3 is 4.74 Å². The standard InChI is InChI=1S/C21H16ClF4N3O6/c1-4-11-17(21(24,25)26)28(3)20(32)29(19(11)31)14-9-16(12(22)8-13(14)23)33-15-6-5-7-27-18(15)35-34-10(2)30/h5-9H,4H2,1-3H3. The first-order chi connectivity index (χ1) is 16.4. The molecule has 9 nitrogen and oxygen atoms in total. The van der Waals surface area contributed by atoms with Crippen molar-refractivity contribution in [3.8, 4) is 23.1 Å². The van der Waals surface area contributed by atoms with Crippen molar-refractivity contribution in [1.29, 1.82) is 0 Å². The van der Waals surface area contributed by atoms with Gasteiger partial charge in [-0.25, -0.2) is 28.4 Å². The fraction of sp³-hybridized carbons (Fsp3) is 0.238. The molecule has 1 aromatic carbocycles. The van der Waals surface area contributed by atoms with Gasteiger partial charge in [-0.05, 0) is 24.6 Å². The van der Waals surface area contributed by atoms with Crippen LogP contribution in [0.1, 0.15) is 25.1 Å². The first-order valence-corrected chi connectivity index (χ1v) is 10.1. The predicted molar refractivity (Wildman–Crippen MR) is 113 cm³/mol. The van der Waals surface area contributed by atoms with Crippen LogP contribution in [0.25, 0.3) is 5.69 Å². The van der Waals surface area contributed by atoms with Crippen LogP contribution in [0.4, 0.5) is 17.6 Å². The number of hydrogen-bond donors (Lipinski definition) is 0. The van der Waals surface area contributed by atoms with Crippen molar-refractivity contribution in [2.24, 2.45) is 7.05 Å². The van der Waals surface area contributed by atoms with Gasteiger partial charge >= 0.3 is 23.7 Å². The van der Waals surface area contributed by atoms with Crippen LogP contribution in [-0.2, 0) is 29.3 Å². The Bertz CT molecular complexity index is 1420. The van der Waals surface area contributed by atoms with Gasteiger partial charge in [-0.1, -0.05) is 18.5 Å². The maximum Gasteiger partial charge on any atom is 0.432 e. The fourth-order valence-corrected chi connectivity index (χ4v) is 3.35. The average Bonchev–Trinajstić information content (AvgIpc) is 2.77. The van der Waals surface area contributed by atoms with Crippen LogP contribution in [0.3, 0.4) is 0 Å². The summed E-state index contributed by atoms with van der Waals surface area (Å²) in [5.41, 5.74) is -5.66. The fourth-order valence-electron chi connectivity index (χ4n) is 3.16. The van der Waals surface area contributed by atoms with Crippen LogP contribution in [0.5, 0.6) is 17.4 Å². The van der Waals surface area contributed by atoms with E-state index >= 15 is 0 Å². The highest BCUT2D eigenvalue weighted by Gasteiger charge is 2.38. The third kappa shape index (κ3) is 5.14. The Labute approximate surface area is 199 Å². The van der Waals surface area contributed by atoms with Crippen molar-refractivity contribution >= 4 is 17.6 Å². The van der Waals surface area contributed by atoms with Gasteiger partial charge in [-0.15, -0.1) is 0 Å². The van der Waals surface area contributed by atoms with Gasteiger partial charge in [0.2, 0.25) is 0 Å². The van der Waals surface area contributed by atoms with E-state index in [0.29, 0.717) is 6.07 Å². The largest absolute Gasteiger partial charge is 0.450 e. The van der Waals surface area contributed by atoms with Crippen LogP contribution >= 0.6 is 11.6 Å². The van der Waals surface area contributed by atoms with Gasteiger partial charge in [-0.3, -0.25) is 14.2 Å². The molecule has 0 atom stereocenters. The second-order valence-corrected chi connectivity index (χ2v) is 7.37.